The second-order valence-electron chi connectivity index (χ2n) is 5.09. The van der Waals surface area contributed by atoms with Crippen LogP contribution in [0.15, 0.2) is 42.5 Å². The number of ether oxygens (including phenoxy) is 3. The van der Waals surface area contributed by atoms with Gasteiger partial charge in [0.1, 0.15) is 17.2 Å². The minimum absolute atomic E-state index is 0.338. The summed E-state index contributed by atoms with van der Waals surface area (Å²) in [6, 6.07) is 12.8. The first-order valence-electron chi connectivity index (χ1n) is 7.40. The van der Waals surface area contributed by atoms with E-state index in [-0.39, 0.29) is 0 Å². The summed E-state index contributed by atoms with van der Waals surface area (Å²) >= 11 is 0. The molecule has 122 valence electrons. The van der Waals surface area contributed by atoms with Crippen LogP contribution in [0.4, 0.5) is 0 Å². The molecule has 2 aromatic carbocycles. The molecular formula is C18H21NO4. The van der Waals surface area contributed by atoms with Crippen LogP contribution in [0.2, 0.25) is 0 Å². The minimum atomic E-state index is -0.529. The molecule has 0 fully saturated rings. The fourth-order valence-electron chi connectivity index (χ4n) is 2.09. The summed E-state index contributed by atoms with van der Waals surface area (Å²) in [6.45, 7) is 2.96. The third-order valence-electron chi connectivity index (χ3n) is 3.26. The highest BCUT2D eigenvalue weighted by atomic mass is 16.5. The Morgan fingerprint density at radius 2 is 1.83 bits per heavy atom. The second-order valence-corrected chi connectivity index (χ2v) is 5.09. The number of carbonyl (C=O) groups excluding carboxylic acids is 1. The fourth-order valence-corrected chi connectivity index (χ4v) is 2.09. The van der Waals surface area contributed by atoms with Gasteiger partial charge in [-0.3, -0.25) is 4.79 Å². The number of hydrogen-bond donors (Lipinski definition) is 1. The number of benzene rings is 2. The molecule has 2 N–H and O–H groups in total. The van der Waals surface area contributed by atoms with Crippen molar-refractivity contribution in [2.24, 2.45) is 5.73 Å². The fraction of sp³-hybridized carbons (Fsp3) is 0.278. The van der Waals surface area contributed by atoms with Crippen molar-refractivity contribution in [1.29, 1.82) is 0 Å². The van der Waals surface area contributed by atoms with Gasteiger partial charge in [-0.05, 0) is 36.8 Å². The highest BCUT2D eigenvalue weighted by Crippen LogP contribution is 2.24. The van der Waals surface area contributed by atoms with Crippen LogP contribution >= 0.6 is 0 Å². The highest BCUT2D eigenvalue weighted by molar-refractivity contribution is 5.95. The van der Waals surface area contributed by atoms with E-state index in [0.29, 0.717) is 36.7 Å². The molecule has 5 nitrogen and oxygen atoms in total. The number of aryl methyl sites for hydroxylation is 1. The van der Waals surface area contributed by atoms with Gasteiger partial charge in [0.05, 0.1) is 25.9 Å². The summed E-state index contributed by atoms with van der Waals surface area (Å²) in [5.74, 6) is 1.34. The number of carbonyl (C=O) groups is 1. The van der Waals surface area contributed by atoms with Crippen molar-refractivity contribution in [3.8, 4) is 17.2 Å². The predicted octanol–water partition coefficient (Wildman–Crippen LogP) is 2.95. The monoisotopic (exact) mass is 315 g/mol. The highest BCUT2D eigenvalue weighted by Gasteiger charge is 2.10. The normalized spacial score (nSPS) is 10.2. The van der Waals surface area contributed by atoms with Crippen LogP contribution in [0.5, 0.6) is 17.2 Å². The first-order valence-corrected chi connectivity index (χ1v) is 7.40. The molecule has 23 heavy (non-hydrogen) atoms. The Kier molecular flexibility index (Phi) is 5.86. The summed E-state index contributed by atoms with van der Waals surface area (Å²) < 4.78 is 16.4. The number of hydrogen-bond acceptors (Lipinski definition) is 4. The summed E-state index contributed by atoms with van der Waals surface area (Å²) in [5.41, 5.74) is 6.83. The van der Waals surface area contributed by atoms with Gasteiger partial charge in [-0.1, -0.05) is 12.1 Å². The smallest absolute Gasteiger partial charge is 0.252 e. The lowest BCUT2D eigenvalue weighted by molar-refractivity contribution is 0.0996. The standard InChI is InChI=1S/C18H21NO4/c1-13-5-3-6-15(11-13)22-9-4-10-23-17-12-14(21-2)7-8-16(17)18(19)20/h3,5-8,11-12H,4,9-10H2,1-2H3,(H2,19,20). The van der Waals surface area contributed by atoms with E-state index in [4.69, 9.17) is 19.9 Å². The summed E-state index contributed by atoms with van der Waals surface area (Å²) in [7, 11) is 1.55. The lowest BCUT2D eigenvalue weighted by atomic mass is 10.2. The van der Waals surface area contributed by atoms with Crippen LogP contribution in [0.3, 0.4) is 0 Å². The van der Waals surface area contributed by atoms with Crippen LogP contribution < -0.4 is 19.9 Å². The molecular weight excluding hydrogens is 294 g/mol. The zero-order valence-electron chi connectivity index (χ0n) is 13.4. The molecule has 0 bridgehead atoms. The van der Waals surface area contributed by atoms with Crippen molar-refractivity contribution >= 4 is 5.91 Å². The van der Waals surface area contributed by atoms with Gasteiger partial charge in [-0.2, -0.15) is 0 Å². The van der Waals surface area contributed by atoms with Gasteiger partial charge in [0.15, 0.2) is 0 Å². The topological polar surface area (TPSA) is 70.8 Å². The molecule has 0 spiro atoms. The molecule has 0 radical (unpaired) electrons. The molecule has 5 heteroatoms. The first-order chi connectivity index (χ1) is 11.1. The number of rotatable bonds is 8. The van der Waals surface area contributed by atoms with Crippen molar-refractivity contribution in [3.63, 3.8) is 0 Å². The summed E-state index contributed by atoms with van der Waals surface area (Å²) in [6.07, 6.45) is 0.684. The maximum Gasteiger partial charge on any atom is 0.252 e. The van der Waals surface area contributed by atoms with Crippen molar-refractivity contribution in [1.82, 2.24) is 0 Å². The van der Waals surface area contributed by atoms with Crippen LogP contribution in [0, 0.1) is 6.92 Å². The lowest BCUT2D eigenvalue weighted by Gasteiger charge is -2.12. The molecule has 0 aromatic heterocycles. The Morgan fingerprint density at radius 1 is 1.04 bits per heavy atom. The van der Waals surface area contributed by atoms with E-state index in [1.165, 1.54) is 0 Å². The van der Waals surface area contributed by atoms with Crippen LogP contribution in [-0.2, 0) is 0 Å². The number of methoxy groups -OCH3 is 1. The number of primary amides is 1. The molecule has 1 amide bonds. The Balaban J connectivity index is 1.85. The average molecular weight is 315 g/mol. The van der Waals surface area contributed by atoms with Gasteiger partial charge in [0, 0.05) is 12.5 Å². The molecule has 0 atom stereocenters. The average Bonchev–Trinajstić information content (AvgIpc) is 2.54. The number of nitrogens with two attached hydrogens (primary N) is 1. The third-order valence-corrected chi connectivity index (χ3v) is 3.26. The van der Waals surface area contributed by atoms with Crippen LogP contribution in [-0.4, -0.2) is 26.2 Å². The predicted molar refractivity (Wildman–Crippen MR) is 88.3 cm³/mol. The van der Waals surface area contributed by atoms with E-state index in [9.17, 15) is 4.79 Å². The van der Waals surface area contributed by atoms with E-state index < -0.39 is 5.91 Å². The molecule has 2 aromatic rings. The summed E-state index contributed by atoms with van der Waals surface area (Å²) in [5, 5.41) is 0. The zero-order valence-corrected chi connectivity index (χ0v) is 13.4. The van der Waals surface area contributed by atoms with Gasteiger partial charge >= 0.3 is 0 Å². The van der Waals surface area contributed by atoms with Gasteiger partial charge in [0.25, 0.3) is 5.91 Å². The third kappa shape index (κ3) is 4.92. The maximum atomic E-state index is 11.4. The van der Waals surface area contributed by atoms with E-state index in [1.54, 1.807) is 25.3 Å². The zero-order chi connectivity index (χ0) is 16.7. The Morgan fingerprint density at radius 3 is 2.52 bits per heavy atom. The van der Waals surface area contributed by atoms with Gasteiger partial charge < -0.3 is 19.9 Å². The van der Waals surface area contributed by atoms with E-state index >= 15 is 0 Å². The Bertz CT molecular complexity index is 670. The maximum absolute atomic E-state index is 11.4. The minimum Gasteiger partial charge on any atom is -0.497 e. The van der Waals surface area contributed by atoms with Gasteiger partial charge in [-0.25, -0.2) is 0 Å². The van der Waals surface area contributed by atoms with E-state index in [2.05, 4.69) is 0 Å². The van der Waals surface area contributed by atoms with Crippen molar-refractivity contribution in [2.75, 3.05) is 20.3 Å². The molecule has 0 aliphatic carbocycles. The molecule has 0 aliphatic rings. The lowest BCUT2D eigenvalue weighted by Crippen LogP contribution is -2.14. The molecule has 0 saturated carbocycles. The van der Waals surface area contributed by atoms with E-state index in [1.807, 2.05) is 31.2 Å². The molecule has 2 rings (SSSR count). The van der Waals surface area contributed by atoms with E-state index in [0.717, 1.165) is 11.3 Å². The Hall–Kier alpha value is -2.69. The molecule has 0 aliphatic heterocycles. The largest absolute Gasteiger partial charge is 0.497 e. The Labute approximate surface area is 136 Å². The van der Waals surface area contributed by atoms with Crippen LogP contribution in [0.25, 0.3) is 0 Å². The van der Waals surface area contributed by atoms with Gasteiger partial charge in [-0.15, -0.1) is 0 Å². The quantitative estimate of drug-likeness (QED) is 0.760. The second kappa shape index (κ2) is 8.08. The first kappa shape index (κ1) is 16.7. The van der Waals surface area contributed by atoms with Crippen molar-refractivity contribution in [2.45, 2.75) is 13.3 Å². The molecule has 0 heterocycles. The SMILES string of the molecule is COc1ccc(C(N)=O)c(OCCCOc2cccc(C)c2)c1. The molecule has 0 saturated heterocycles. The van der Waals surface area contributed by atoms with Gasteiger partial charge in [0.2, 0.25) is 0 Å². The van der Waals surface area contributed by atoms with Crippen molar-refractivity contribution in [3.05, 3.63) is 53.6 Å². The number of amides is 1. The summed E-state index contributed by atoms with van der Waals surface area (Å²) in [4.78, 5) is 11.4. The molecule has 0 unspecified atom stereocenters. The van der Waals surface area contributed by atoms with Crippen molar-refractivity contribution < 1.29 is 19.0 Å². The van der Waals surface area contributed by atoms with Crippen LogP contribution in [0.1, 0.15) is 22.3 Å².